The van der Waals surface area contributed by atoms with Gasteiger partial charge in [-0.25, -0.2) is 4.68 Å². The number of rotatable bonds is 9. The lowest BCUT2D eigenvalue weighted by atomic mass is 10.2. The molecule has 2 aromatic carbocycles. The minimum absolute atomic E-state index is 0.0205. The Hall–Kier alpha value is -3.16. The average molecular weight is 450 g/mol. The van der Waals surface area contributed by atoms with Gasteiger partial charge in [0, 0.05) is 20.3 Å². The Kier molecular flexibility index (Phi) is 7.42. The number of para-hydroxylation sites is 1. The first-order chi connectivity index (χ1) is 16.0. The van der Waals surface area contributed by atoms with Crippen molar-refractivity contribution in [3.8, 4) is 17.3 Å². The van der Waals surface area contributed by atoms with E-state index in [9.17, 15) is 4.79 Å². The number of benzene rings is 2. The quantitative estimate of drug-likeness (QED) is 0.483. The third kappa shape index (κ3) is 5.61. The second kappa shape index (κ2) is 10.6. The summed E-state index contributed by atoms with van der Waals surface area (Å²) in [7, 11) is 1.53. The standard InChI is InChI=1S/C26H31N3O4/c1-19-9-7-12-22(15-19)33-26-24(20(2)27-29(26)21-10-5-4-6-11-21)17-28(25(30)18-31-3)16-23-13-8-14-32-23/h4-7,9-12,15,23H,8,13-14,16-18H2,1-3H3/t23-/m0/s1. The minimum atomic E-state index is -0.0821. The maximum Gasteiger partial charge on any atom is 0.248 e. The second-order valence-corrected chi connectivity index (χ2v) is 8.38. The van der Waals surface area contributed by atoms with Gasteiger partial charge in [-0.05, 0) is 56.5 Å². The Labute approximate surface area is 194 Å². The molecular formula is C26H31N3O4. The molecule has 0 bridgehead atoms. The zero-order valence-electron chi connectivity index (χ0n) is 19.5. The van der Waals surface area contributed by atoms with Crippen LogP contribution in [0.4, 0.5) is 0 Å². The summed E-state index contributed by atoms with van der Waals surface area (Å²) in [6.45, 7) is 5.61. The molecule has 1 aliphatic heterocycles. The van der Waals surface area contributed by atoms with Crippen LogP contribution in [-0.2, 0) is 20.8 Å². The van der Waals surface area contributed by atoms with Gasteiger partial charge in [0.2, 0.25) is 11.8 Å². The average Bonchev–Trinajstić information content (AvgIpc) is 3.43. The first kappa shape index (κ1) is 23.0. The van der Waals surface area contributed by atoms with Crippen molar-refractivity contribution in [2.45, 2.75) is 39.3 Å². The van der Waals surface area contributed by atoms with Crippen molar-refractivity contribution in [1.82, 2.24) is 14.7 Å². The van der Waals surface area contributed by atoms with Gasteiger partial charge in [-0.3, -0.25) is 4.79 Å². The first-order valence-corrected chi connectivity index (χ1v) is 11.3. The molecule has 7 nitrogen and oxygen atoms in total. The molecule has 7 heteroatoms. The highest BCUT2D eigenvalue weighted by Gasteiger charge is 2.27. The van der Waals surface area contributed by atoms with Gasteiger partial charge in [-0.1, -0.05) is 30.3 Å². The summed E-state index contributed by atoms with van der Waals surface area (Å²) in [4.78, 5) is 14.7. The molecule has 1 amide bonds. The molecular weight excluding hydrogens is 418 g/mol. The predicted octanol–water partition coefficient (Wildman–Crippen LogP) is 4.44. The van der Waals surface area contributed by atoms with E-state index in [1.54, 1.807) is 9.58 Å². The molecule has 33 heavy (non-hydrogen) atoms. The zero-order chi connectivity index (χ0) is 23.2. The van der Waals surface area contributed by atoms with Crippen molar-refractivity contribution in [3.63, 3.8) is 0 Å². The molecule has 1 atom stereocenters. The third-order valence-corrected chi connectivity index (χ3v) is 5.76. The summed E-state index contributed by atoms with van der Waals surface area (Å²) >= 11 is 0. The van der Waals surface area contributed by atoms with Crippen molar-refractivity contribution in [3.05, 3.63) is 71.4 Å². The summed E-state index contributed by atoms with van der Waals surface area (Å²) in [5.74, 6) is 1.25. The largest absolute Gasteiger partial charge is 0.439 e. The van der Waals surface area contributed by atoms with Crippen LogP contribution in [0.15, 0.2) is 54.6 Å². The molecule has 1 aromatic heterocycles. The lowest BCUT2D eigenvalue weighted by Crippen LogP contribution is -2.39. The van der Waals surface area contributed by atoms with Crippen LogP contribution in [0.3, 0.4) is 0 Å². The van der Waals surface area contributed by atoms with E-state index >= 15 is 0 Å². The number of methoxy groups -OCH3 is 1. The van der Waals surface area contributed by atoms with Crippen LogP contribution in [0, 0.1) is 13.8 Å². The van der Waals surface area contributed by atoms with Gasteiger partial charge in [-0.15, -0.1) is 0 Å². The molecule has 1 fully saturated rings. The smallest absolute Gasteiger partial charge is 0.248 e. The van der Waals surface area contributed by atoms with Crippen molar-refractivity contribution in [2.75, 3.05) is 26.9 Å². The van der Waals surface area contributed by atoms with E-state index in [0.29, 0.717) is 19.0 Å². The lowest BCUT2D eigenvalue weighted by molar-refractivity contribution is -0.137. The van der Waals surface area contributed by atoms with Crippen LogP contribution in [0.5, 0.6) is 11.6 Å². The molecule has 0 N–H and O–H groups in total. The Morgan fingerprint density at radius 2 is 2.00 bits per heavy atom. The van der Waals surface area contributed by atoms with Crippen molar-refractivity contribution in [2.24, 2.45) is 0 Å². The number of ether oxygens (including phenoxy) is 3. The van der Waals surface area contributed by atoms with Gasteiger partial charge in [0.1, 0.15) is 12.4 Å². The number of carbonyl (C=O) groups is 1. The summed E-state index contributed by atoms with van der Waals surface area (Å²) in [6.07, 6.45) is 2.01. The molecule has 0 radical (unpaired) electrons. The highest BCUT2D eigenvalue weighted by molar-refractivity contribution is 5.77. The first-order valence-electron chi connectivity index (χ1n) is 11.3. The number of hydrogen-bond donors (Lipinski definition) is 0. The Bertz CT molecular complexity index is 1070. The minimum Gasteiger partial charge on any atom is -0.439 e. The van der Waals surface area contributed by atoms with Crippen LogP contribution < -0.4 is 4.74 Å². The molecule has 2 heterocycles. The maximum absolute atomic E-state index is 12.9. The van der Waals surface area contributed by atoms with Crippen LogP contribution in [0.2, 0.25) is 0 Å². The van der Waals surface area contributed by atoms with Crippen LogP contribution in [0.1, 0.15) is 29.7 Å². The third-order valence-electron chi connectivity index (χ3n) is 5.76. The number of aryl methyl sites for hydroxylation is 2. The summed E-state index contributed by atoms with van der Waals surface area (Å²) in [5, 5.41) is 4.78. The van der Waals surface area contributed by atoms with E-state index in [4.69, 9.17) is 19.3 Å². The fraction of sp³-hybridized carbons (Fsp3) is 0.385. The Morgan fingerprint density at radius 3 is 2.70 bits per heavy atom. The fourth-order valence-corrected chi connectivity index (χ4v) is 4.05. The van der Waals surface area contributed by atoms with E-state index in [2.05, 4.69) is 0 Å². The van der Waals surface area contributed by atoms with Gasteiger partial charge < -0.3 is 19.1 Å². The molecule has 3 aromatic rings. The molecule has 1 aliphatic rings. The molecule has 1 saturated heterocycles. The molecule has 4 rings (SSSR count). The highest BCUT2D eigenvalue weighted by Crippen LogP contribution is 2.32. The van der Waals surface area contributed by atoms with Crippen molar-refractivity contribution < 1.29 is 19.0 Å². The SMILES string of the molecule is COCC(=O)N(Cc1c(C)nn(-c2ccccc2)c1Oc1cccc(C)c1)C[C@@H]1CCCO1. The van der Waals surface area contributed by atoms with Crippen molar-refractivity contribution in [1.29, 1.82) is 0 Å². The molecule has 0 saturated carbocycles. The summed E-state index contributed by atoms with van der Waals surface area (Å²) in [6, 6.07) is 17.8. The van der Waals surface area contributed by atoms with Gasteiger partial charge in [0.05, 0.1) is 29.6 Å². The highest BCUT2D eigenvalue weighted by atomic mass is 16.5. The summed E-state index contributed by atoms with van der Waals surface area (Å²) < 4.78 is 19.2. The second-order valence-electron chi connectivity index (χ2n) is 8.38. The van der Waals surface area contributed by atoms with E-state index in [1.807, 2.05) is 68.4 Å². The predicted molar refractivity (Wildman–Crippen MR) is 126 cm³/mol. The van der Waals surface area contributed by atoms with Crippen LogP contribution >= 0.6 is 0 Å². The number of amides is 1. The number of hydrogen-bond acceptors (Lipinski definition) is 5. The van der Waals surface area contributed by atoms with E-state index in [0.717, 1.165) is 47.7 Å². The summed E-state index contributed by atoms with van der Waals surface area (Å²) in [5.41, 5.74) is 3.67. The number of nitrogens with zero attached hydrogens (tertiary/aromatic N) is 3. The number of aromatic nitrogens is 2. The number of carbonyl (C=O) groups excluding carboxylic acids is 1. The van der Waals surface area contributed by atoms with Gasteiger partial charge >= 0.3 is 0 Å². The normalized spacial score (nSPS) is 15.5. The van der Waals surface area contributed by atoms with Crippen molar-refractivity contribution >= 4 is 5.91 Å². The monoisotopic (exact) mass is 449 g/mol. The maximum atomic E-state index is 12.9. The van der Waals surface area contributed by atoms with E-state index in [1.165, 1.54) is 7.11 Å². The topological polar surface area (TPSA) is 65.8 Å². The molecule has 0 unspecified atom stereocenters. The van der Waals surface area contributed by atoms with E-state index < -0.39 is 0 Å². The Morgan fingerprint density at radius 1 is 1.18 bits per heavy atom. The van der Waals surface area contributed by atoms with Gasteiger partial charge in [-0.2, -0.15) is 5.10 Å². The van der Waals surface area contributed by atoms with Crippen LogP contribution in [-0.4, -0.2) is 53.6 Å². The van der Waals surface area contributed by atoms with Crippen LogP contribution in [0.25, 0.3) is 5.69 Å². The Balaban J connectivity index is 1.72. The van der Waals surface area contributed by atoms with Gasteiger partial charge in [0.15, 0.2) is 0 Å². The van der Waals surface area contributed by atoms with E-state index in [-0.39, 0.29) is 18.6 Å². The lowest BCUT2D eigenvalue weighted by Gasteiger charge is -2.25. The molecule has 174 valence electrons. The van der Waals surface area contributed by atoms with Gasteiger partial charge in [0.25, 0.3) is 0 Å². The zero-order valence-corrected chi connectivity index (χ0v) is 19.5. The fourth-order valence-electron chi connectivity index (χ4n) is 4.05. The molecule has 0 spiro atoms. The molecule has 0 aliphatic carbocycles.